The van der Waals surface area contributed by atoms with Crippen LogP contribution < -0.4 is 4.74 Å². The Kier molecular flexibility index (Phi) is 4.79. The normalized spacial score (nSPS) is 21.6. The number of carbonyl (C=O) groups excluding carboxylic acids is 1. The molecule has 1 fully saturated rings. The van der Waals surface area contributed by atoms with Gasteiger partial charge in [0.1, 0.15) is 5.75 Å². The third kappa shape index (κ3) is 3.84. The third-order valence-corrected chi connectivity index (χ3v) is 3.65. The Labute approximate surface area is 119 Å². The van der Waals surface area contributed by atoms with E-state index in [0.29, 0.717) is 12.5 Å². The summed E-state index contributed by atoms with van der Waals surface area (Å²) in [6, 6.07) is 7.54. The van der Waals surface area contributed by atoms with E-state index in [1.165, 1.54) is 0 Å². The molecule has 1 amide bonds. The summed E-state index contributed by atoms with van der Waals surface area (Å²) in [4.78, 5) is 13.7. The number of rotatable bonds is 5. The fraction of sp³-hybridized carbons (Fsp3) is 0.438. The number of likely N-dealkylation sites (N-methyl/N-ethyl adjacent to an activating group) is 1. The molecule has 1 aliphatic rings. The summed E-state index contributed by atoms with van der Waals surface area (Å²) >= 11 is 0. The van der Waals surface area contributed by atoms with Crippen molar-refractivity contribution in [1.29, 1.82) is 0 Å². The zero-order valence-corrected chi connectivity index (χ0v) is 12.0. The average molecular weight is 275 g/mol. The first kappa shape index (κ1) is 14.6. The van der Waals surface area contributed by atoms with E-state index in [9.17, 15) is 9.90 Å². The second-order valence-electron chi connectivity index (χ2n) is 5.32. The molecule has 0 unspecified atom stereocenters. The molecule has 4 nitrogen and oxygen atoms in total. The van der Waals surface area contributed by atoms with Crippen LogP contribution in [0.3, 0.4) is 0 Å². The van der Waals surface area contributed by atoms with Crippen LogP contribution in [0.4, 0.5) is 0 Å². The molecule has 0 saturated heterocycles. The fourth-order valence-electron chi connectivity index (χ4n) is 2.34. The Morgan fingerprint density at radius 1 is 1.40 bits per heavy atom. The smallest absolute Gasteiger partial charge is 0.246 e. The van der Waals surface area contributed by atoms with E-state index in [4.69, 9.17) is 4.74 Å². The molecule has 108 valence electrons. The highest BCUT2D eigenvalue weighted by Gasteiger charge is 2.28. The number of ether oxygens (including phenoxy) is 1. The van der Waals surface area contributed by atoms with E-state index in [1.54, 1.807) is 31.2 Å². The quantitative estimate of drug-likeness (QED) is 0.835. The number of benzene rings is 1. The summed E-state index contributed by atoms with van der Waals surface area (Å²) in [5.74, 6) is 1.23. The molecule has 0 aliphatic heterocycles. The number of methoxy groups -OCH3 is 1. The summed E-state index contributed by atoms with van der Waals surface area (Å²) in [5.41, 5.74) is 0.964. The lowest BCUT2D eigenvalue weighted by Gasteiger charge is -2.34. The molecule has 1 saturated carbocycles. The molecule has 0 bridgehead atoms. The zero-order chi connectivity index (χ0) is 14.5. The van der Waals surface area contributed by atoms with Crippen LogP contribution in [0.25, 0.3) is 6.08 Å². The Morgan fingerprint density at radius 2 is 2.05 bits per heavy atom. The standard InChI is InChI=1S/C16H21NO3/c1-17(11-13-9-14(18)10-13)16(19)8-5-12-3-6-15(20-2)7-4-12/h3-8,13-14,18H,9-11H2,1-2H3. The molecular formula is C16H21NO3. The van der Waals surface area contributed by atoms with Gasteiger partial charge in [0.15, 0.2) is 0 Å². The number of hydrogen-bond acceptors (Lipinski definition) is 3. The molecule has 0 radical (unpaired) electrons. The lowest BCUT2D eigenvalue weighted by atomic mass is 9.82. The number of aliphatic hydroxyl groups is 1. The summed E-state index contributed by atoms with van der Waals surface area (Å²) < 4.78 is 5.08. The lowest BCUT2D eigenvalue weighted by Crippen LogP contribution is -2.38. The van der Waals surface area contributed by atoms with Crippen molar-refractivity contribution in [2.24, 2.45) is 5.92 Å². The Bertz CT molecular complexity index is 475. The monoisotopic (exact) mass is 275 g/mol. The van der Waals surface area contributed by atoms with Gasteiger partial charge < -0.3 is 14.7 Å². The molecule has 1 aliphatic carbocycles. The molecule has 0 spiro atoms. The van der Waals surface area contributed by atoms with Crippen LogP contribution in [-0.2, 0) is 4.79 Å². The van der Waals surface area contributed by atoms with Gasteiger partial charge in [0.25, 0.3) is 0 Å². The predicted octanol–water partition coefficient (Wildman–Crippen LogP) is 1.94. The van der Waals surface area contributed by atoms with E-state index in [-0.39, 0.29) is 12.0 Å². The summed E-state index contributed by atoms with van der Waals surface area (Å²) in [6.07, 6.45) is 4.82. The van der Waals surface area contributed by atoms with Gasteiger partial charge in [-0.15, -0.1) is 0 Å². The second kappa shape index (κ2) is 6.57. The van der Waals surface area contributed by atoms with Crippen LogP contribution in [0.15, 0.2) is 30.3 Å². The second-order valence-corrected chi connectivity index (χ2v) is 5.32. The Morgan fingerprint density at radius 3 is 2.60 bits per heavy atom. The molecular weight excluding hydrogens is 254 g/mol. The van der Waals surface area contributed by atoms with E-state index >= 15 is 0 Å². The summed E-state index contributed by atoms with van der Waals surface area (Å²) in [6.45, 7) is 0.711. The number of nitrogens with zero attached hydrogens (tertiary/aromatic N) is 1. The van der Waals surface area contributed by atoms with Gasteiger partial charge in [-0.2, -0.15) is 0 Å². The summed E-state index contributed by atoms with van der Waals surface area (Å²) in [5, 5.41) is 9.24. The molecule has 4 heteroatoms. The highest BCUT2D eigenvalue weighted by atomic mass is 16.5. The lowest BCUT2D eigenvalue weighted by molar-refractivity contribution is -0.126. The highest BCUT2D eigenvalue weighted by Crippen LogP contribution is 2.27. The van der Waals surface area contributed by atoms with Gasteiger partial charge >= 0.3 is 0 Å². The van der Waals surface area contributed by atoms with Crippen molar-refractivity contribution in [3.8, 4) is 5.75 Å². The van der Waals surface area contributed by atoms with Gasteiger partial charge in [-0.3, -0.25) is 4.79 Å². The van der Waals surface area contributed by atoms with Crippen LogP contribution in [0, 0.1) is 5.92 Å². The minimum atomic E-state index is -0.168. The van der Waals surface area contributed by atoms with Gasteiger partial charge in [0, 0.05) is 19.7 Å². The van der Waals surface area contributed by atoms with Crippen LogP contribution >= 0.6 is 0 Å². The molecule has 1 aromatic rings. The number of amides is 1. The maximum Gasteiger partial charge on any atom is 0.246 e. The van der Waals surface area contributed by atoms with Crippen molar-refractivity contribution in [3.63, 3.8) is 0 Å². The molecule has 1 aromatic carbocycles. The van der Waals surface area contributed by atoms with E-state index < -0.39 is 0 Å². The first-order valence-electron chi connectivity index (χ1n) is 6.84. The van der Waals surface area contributed by atoms with E-state index in [1.807, 2.05) is 24.3 Å². The molecule has 2 rings (SSSR count). The third-order valence-electron chi connectivity index (χ3n) is 3.65. The topological polar surface area (TPSA) is 49.8 Å². The van der Waals surface area contributed by atoms with Crippen LogP contribution in [0.2, 0.25) is 0 Å². The Balaban J connectivity index is 1.84. The van der Waals surface area contributed by atoms with E-state index in [0.717, 1.165) is 24.2 Å². The SMILES string of the molecule is COc1ccc(C=CC(=O)N(C)CC2CC(O)C2)cc1. The minimum absolute atomic E-state index is 0.0118. The summed E-state index contributed by atoms with van der Waals surface area (Å²) in [7, 11) is 3.42. The maximum atomic E-state index is 11.9. The molecule has 20 heavy (non-hydrogen) atoms. The Hall–Kier alpha value is -1.81. The highest BCUT2D eigenvalue weighted by molar-refractivity contribution is 5.91. The van der Waals surface area contributed by atoms with Crippen LogP contribution in [-0.4, -0.2) is 42.7 Å². The van der Waals surface area contributed by atoms with Gasteiger partial charge in [-0.25, -0.2) is 0 Å². The van der Waals surface area contributed by atoms with Crippen molar-refractivity contribution in [2.45, 2.75) is 18.9 Å². The average Bonchev–Trinajstić information content (AvgIpc) is 2.43. The van der Waals surface area contributed by atoms with Gasteiger partial charge in [-0.1, -0.05) is 12.1 Å². The van der Waals surface area contributed by atoms with Crippen molar-refractivity contribution in [3.05, 3.63) is 35.9 Å². The fourth-order valence-corrected chi connectivity index (χ4v) is 2.34. The van der Waals surface area contributed by atoms with Crippen molar-refractivity contribution in [2.75, 3.05) is 20.7 Å². The van der Waals surface area contributed by atoms with Gasteiger partial charge in [0.2, 0.25) is 5.91 Å². The largest absolute Gasteiger partial charge is 0.497 e. The first-order valence-corrected chi connectivity index (χ1v) is 6.84. The van der Waals surface area contributed by atoms with Crippen molar-refractivity contribution < 1.29 is 14.6 Å². The molecule has 1 N–H and O–H groups in total. The minimum Gasteiger partial charge on any atom is -0.497 e. The molecule has 0 aromatic heterocycles. The number of hydrogen-bond donors (Lipinski definition) is 1. The molecule has 0 heterocycles. The zero-order valence-electron chi connectivity index (χ0n) is 12.0. The number of aliphatic hydroxyl groups excluding tert-OH is 1. The van der Waals surface area contributed by atoms with Crippen LogP contribution in [0.5, 0.6) is 5.75 Å². The van der Waals surface area contributed by atoms with Gasteiger partial charge in [-0.05, 0) is 42.5 Å². The maximum absolute atomic E-state index is 11.9. The molecule has 0 atom stereocenters. The van der Waals surface area contributed by atoms with Crippen molar-refractivity contribution in [1.82, 2.24) is 4.90 Å². The van der Waals surface area contributed by atoms with Crippen molar-refractivity contribution >= 4 is 12.0 Å². The predicted molar refractivity (Wildman–Crippen MR) is 78.4 cm³/mol. The first-order chi connectivity index (χ1) is 9.58. The van der Waals surface area contributed by atoms with E-state index in [2.05, 4.69) is 0 Å². The number of carbonyl (C=O) groups is 1. The van der Waals surface area contributed by atoms with Gasteiger partial charge in [0.05, 0.1) is 13.2 Å². The van der Waals surface area contributed by atoms with Crippen LogP contribution in [0.1, 0.15) is 18.4 Å².